The Morgan fingerprint density at radius 1 is 1.21 bits per heavy atom. The molecule has 0 aliphatic heterocycles. The molecule has 0 fully saturated rings. The highest BCUT2D eigenvalue weighted by molar-refractivity contribution is 6.30. The molecule has 1 atom stereocenters. The number of aromatic amines is 1. The Hall–Kier alpha value is -3.52. The fourth-order valence-electron chi connectivity index (χ4n) is 3.65. The average Bonchev–Trinajstić information content (AvgIpc) is 3.37. The number of rotatable bonds is 7. The molecule has 0 unspecified atom stereocenters. The van der Waals surface area contributed by atoms with Crippen LogP contribution in [0.5, 0.6) is 0 Å². The maximum absolute atomic E-state index is 12.4. The minimum atomic E-state index is -0.578. The molecule has 0 aliphatic carbocycles. The number of hydrogen-bond donors (Lipinski definition) is 2. The van der Waals surface area contributed by atoms with Crippen LogP contribution < -0.4 is 11.1 Å². The number of aromatic nitrogens is 3. The van der Waals surface area contributed by atoms with Gasteiger partial charge in [-0.1, -0.05) is 29.8 Å². The van der Waals surface area contributed by atoms with E-state index in [0.29, 0.717) is 35.5 Å². The maximum Gasteiger partial charge on any atom is 0.417 e. The largest absolute Gasteiger partial charge is 0.444 e. The zero-order valence-corrected chi connectivity index (χ0v) is 20.1. The molecule has 2 N–H and O–H groups in total. The maximum atomic E-state index is 12.4. The van der Waals surface area contributed by atoms with Gasteiger partial charge >= 0.3 is 11.8 Å². The average molecular weight is 483 g/mol. The van der Waals surface area contributed by atoms with Crippen molar-refractivity contribution >= 4 is 28.8 Å². The Balaban J connectivity index is 1.45. The normalized spacial score (nSPS) is 12.6. The number of nitrogens with one attached hydrogen (secondary N) is 2. The van der Waals surface area contributed by atoms with E-state index in [1.54, 1.807) is 12.3 Å². The predicted molar refractivity (Wildman–Crippen MR) is 131 cm³/mol. The molecular formula is C25H27ClN4O4. The summed E-state index contributed by atoms with van der Waals surface area (Å²) in [7, 11) is 0. The molecule has 2 aromatic carbocycles. The smallest absolute Gasteiger partial charge is 0.417 e. The Morgan fingerprint density at radius 2 is 1.97 bits per heavy atom. The summed E-state index contributed by atoms with van der Waals surface area (Å²) in [5.41, 5.74) is 3.43. The first-order valence-corrected chi connectivity index (χ1v) is 11.4. The number of oxazole rings is 1. The molecule has 0 radical (unpaired) electrons. The van der Waals surface area contributed by atoms with E-state index in [9.17, 15) is 9.59 Å². The molecule has 1 amide bonds. The van der Waals surface area contributed by atoms with E-state index in [-0.39, 0.29) is 6.04 Å². The van der Waals surface area contributed by atoms with Crippen molar-refractivity contribution in [1.82, 2.24) is 20.1 Å². The van der Waals surface area contributed by atoms with Crippen molar-refractivity contribution in [2.45, 2.75) is 51.8 Å². The van der Waals surface area contributed by atoms with Crippen LogP contribution in [0.2, 0.25) is 5.02 Å². The number of ether oxygens (including phenoxy) is 1. The number of halogens is 1. The number of alkyl carbamates (subject to hydrolysis) is 1. The molecule has 4 aromatic rings. The summed E-state index contributed by atoms with van der Waals surface area (Å²) in [4.78, 5) is 26.5. The zero-order chi connectivity index (χ0) is 24.3. The molecule has 2 heterocycles. The predicted octanol–water partition coefficient (Wildman–Crippen LogP) is 5.16. The van der Waals surface area contributed by atoms with E-state index in [0.717, 1.165) is 16.7 Å². The number of aryl methyl sites for hydroxylation is 1. The van der Waals surface area contributed by atoms with E-state index in [1.165, 1.54) is 0 Å². The molecular weight excluding hydrogens is 456 g/mol. The van der Waals surface area contributed by atoms with Gasteiger partial charge < -0.3 is 14.5 Å². The molecule has 178 valence electrons. The lowest BCUT2D eigenvalue weighted by atomic mass is 10.0. The summed E-state index contributed by atoms with van der Waals surface area (Å²) in [5.74, 6) is -0.480. The van der Waals surface area contributed by atoms with E-state index < -0.39 is 17.5 Å². The van der Waals surface area contributed by atoms with Gasteiger partial charge in [0.25, 0.3) is 0 Å². The molecule has 9 heteroatoms. The van der Waals surface area contributed by atoms with Crippen LogP contribution in [0.25, 0.3) is 22.2 Å². The van der Waals surface area contributed by atoms with Crippen LogP contribution in [0.1, 0.15) is 32.8 Å². The van der Waals surface area contributed by atoms with Crippen molar-refractivity contribution < 1.29 is 13.9 Å². The number of carbonyl (C=O) groups is 1. The van der Waals surface area contributed by atoms with E-state index in [4.69, 9.17) is 20.8 Å². The fourth-order valence-corrected chi connectivity index (χ4v) is 3.78. The molecule has 0 saturated heterocycles. The first-order chi connectivity index (χ1) is 16.1. The van der Waals surface area contributed by atoms with E-state index >= 15 is 0 Å². The first-order valence-electron chi connectivity index (χ1n) is 11.0. The third-order valence-corrected chi connectivity index (χ3v) is 5.46. The molecule has 2 aromatic heterocycles. The highest BCUT2D eigenvalue weighted by Crippen LogP contribution is 2.23. The van der Waals surface area contributed by atoms with Crippen molar-refractivity contribution in [1.29, 1.82) is 0 Å². The van der Waals surface area contributed by atoms with Crippen LogP contribution in [0.3, 0.4) is 0 Å². The Kier molecular flexibility index (Phi) is 6.79. The second-order valence-corrected chi connectivity index (χ2v) is 9.62. The van der Waals surface area contributed by atoms with Crippen molar-refractivity contribution in [3.8, 4) is 11.1 Å². The summed E-state index contributed by atoms with van der Waals surface area (Å²) in [6.45, 7) is 6.10. The van der Waals surface area contributed by atoms with Gasteiger partial charge in [-0.2, -0.15) is 5.10 Å². The quantitative estimate of drug-likeness (QED) is 0.378. The highest BCUT2D eigenvalue weighted by atomic mass is 35.5. The van der Waals surface area contributed by atoms with Crippen molar-refractivity contribution in [3.05, 3.63) is 76.0 Å². The van der Waals surface area contributed by atoms with Gasteiger partial charge in [0.15, 0.2) is 5.58 Å². The molecule has 4 rings (SSSR count). The summed E-state index contributed by atoms with van der Waals surface area (Å²) in [6, 6.07) is 12.9. The fraction of sp³-hybridized carbons (Fsp3) is 0.320. The second-order valence-electron chi connectivity index (χ2n) is 9.18. The van der Waals surface area contributed by atoms with Gasteiger partial charge in [-0.25, -0.2) is 9.59 Å². The van der Waals surface area contributed by atoms with Crippen LogP contribution in [0.15, 0.2) is 64.1 Å². The number of nitrogens with zero attached hydrogens (tertiary/aromatic N) is 2. The first kappa shape index (κ1) is 23.6. The molecule has 8 nitrogen and oxygen atoms in total. The summed E-state index contributed by atoms with van der Waals surface area (Å²) >= 11 is 6.01. The van der Waals surface area contributed by atoms with Gasteiger partial charge in [0, 0.05) is 29.4 Å². The molecule has 34 heavy (non-hydrogen) atoms. The number of carbonyl (C=O) groups excluding carboxylic acids is 1. The van der Waals surface area contributed by atoms with Gasteiger partial charge in [0.05, 0.1) is 11.7 Å². The lowest BCUT2D eigenvalue weighted by Gasteiger charge is -2.24. The van der Waals surface area contributed by atoms with Crippen LogP contribution in [-0.2, 0) is 17.7 Å². The van der Waals surface area contributed by atoms with Crippen molar-refractivity contribution in [2.24, 2.45) is 0 Å². The number of H-pyrrole nitrogens is 1. The number of amides is 1. The summed E-state index contributed by atoms with van der Waals surface area (Å²) in [6.07, 6.45) is 4.52. The van der Waals surface area contributed by atoms with Gasteiger partial charge in [0.1, 0.15) is 5.60 Å². The Morgan fingerprint density at radius 3 is 2.71 bits per heavy atom. The van der Waals surface area contributed by atoms with Gasteiger partial charge in [-0.15, -0.1) is 0 Å². The molecule has 0 bridgehead atoms. The van der Waals surface area contributed by atoms with Crippen LogP contribution in [0, 0.1) is 0 Å². The Labute approximate surface area is 201 Å². The van der Waals surface area contributed by atoms with Crippen molar-refractivity contribution in [3.63, 3.8) is 0 Å². The van der Waals surface area contributed by atoms with Gasteiger partial charge in [-0.3, -0.25) is 9.67 Å². The van der Waals surface area contributed by atoms with Crippen LogP contribution >= 0.6 is 11.6 Å². The van der Waals surface area contributed by atoms with E-state index in [2.05, 4.69) is 15.4 Å². The molecule has 0 aliphatic rings. The highest BCUT2D eigenvalue weighted by Gasteiger charge is 2.20. The standard InChI is InChI=1S/C25H27ClN4O4/c1-25(2,3)34-24(32)28-20(12-16-4-7-19(26)8-5-16)10-11-30-15-18(14-27-30)17-6-9-21-22(13-17)33-23(31)29-21/h4-9,13-15,20H,10-12H2,1-3H3,(H,28,32)(H,29,31)/t20-/m0/s1. The monoisotopic (exact) mass is 482 g/mol. The van der Waals surface area contributed by atoms with Crippen molar-refractivity contribution in [2.75, 3.05) is 0 Å². The Bertz CT molecular complexity index is 1330. The van der Waals surface area contributed by atoms with Gasteiger partial charge in [-0.05, 0) is 69.0 Å². The lowest BCUT2D eigenvalue weighted by molar-refractivity contribution is 0.0500. The second kappa shape index (κ2) is 9.77. The molecule has 0 spiro atoms. The number of hydrogen-bond acceptors (Lipinski definition) is 5. The van der Waals surface area contributed by atoms with Gasteiger partial charge in [0.2, 0.25) is 0 Å². The van der Waals surface area contributed by atoms with E-state index in [1.807, 2.05) is 68.0 Å². The number of fused-ring (bicyclic) bond motifs is 1. The minimum Gasteiger partial charge on any atom is -0.444 e. The SMILES string of the molecule is CC(C)(C)OC(=O)N[C@@H](CCn1cc(-c2ccc3[nH]c(=O)oc3c2)cn1)Cc1ccc(Cl)cc1. The summed E-state index contributed by atoms with van der Waals surface area (Å²) < 4.78 is 12.4. The number of benzene rings is 2. The summed E-state index contributed by atoms with van der Waals surface area (Å²) in [5, 5.41) is 8.12. The third kappa shape index (κ3) is 6.29. The third-order valence-electron chi connectivity index (χ3n) is 5.21. The lowest BCUT2D eigenvalue weighted by Crippen LogP contribution is -2.40. The van der Waals surface area contributed by atoms with Crippen LogP contribution in [0.4, 0.5) is 4.79 Å². The zero-order valence-electron chi connectivity index (χ0n) is 19.3. The molecule has 0 saturated carbocycles. The minimum absolute atomic E-state index is 0.158. The topological polar surface area (TPSA) is 102 Å². The van der Waals surface area contributed by atoms with Crippen LogP contribution in [-0.4, -0.2) is 32.5 Å².